The fourth-order valence-electron chi connectivity index (χ4n) is 0. The largest absolute Gasteiger partial charge is 0.405 e. The molecule has 0 fully saturated rings. The Morgan fingerprint density at radius 2 is 1.18 bits per heavy atom. The molecule has 0 atom stereocenters. The minimum absolute atomic E-state index is 1.12. The van der Waals surface area contributed by atoms with Crippen LogP contribution in [0.3, 0.4) is 0 Å². The van der Waals surface area contributed by atoms with Crippen LogP contribution in [-0.2, 0) is 0 Å². The number of hydrogen-bond acceptors (Lipinski definition) is 3. The quantitative estimate of drug-likeness (QED) is 0.607. The second-order valence-electron chi connectivity index (χ2n) is 0.538. The monoisotopic (exact) mass is 178 g/mol. The van der Waals surface area contributed by atoms with Crippen LogP contribution in [0.1, 0.15) is 27.7 Å². The standard InChI is InChI=1S/C2H5NS.C2H5N.2C2H6/c1-2-4-3;1-2-3;2*1-2/h2H,1,3H2;2H,1,3H2;2*1-2H3. The highest BCUT2D eigenvalue weighted by Crippen LogP contribution is 1.77. The second-order valence-corrected chi connectivity index (χ2v) is 1.14. The molecule has 0 aliphatic rings. The van der Waals surface area contributed by atoms with Crippen molar-refractivity contribution in [2.24, 2.45) is 10.9 Å². The molecule has 11 heavy (non-hydrogen) atoms. The van der Waals surface area contributed by atoms with Gasteiger partial charge in [0.05, 0.1) is 0 Å². The minimum atomic E-state index is 1.12. The van der Waals surface area contributed by atoms with Gasteiger partial charge in [0.1, 0.15) is 0 Å². The molecule has 3 heteroatoms. The summed E-state index contributed by atoms with van der Waals surface area (Å²) in [5, 5.41) is 6.40. The summed E-state index contributed by atoms with van der Waals surface area (Å²) in [6.45, 7) is 14.5. The lowest BCUT2D eigenvalue weighted by molar-refractivity contribution is 1.50. The van der Waals surface area contributed by atoms with E-state index in [0.717, 1.165) is 11.9 Å². The molecule has 0 aromatic carbocycles. The summed E-state index contributed by atoms with van der Waals surface area (Å²) in [6, 6.07) is 0. The van der Waals surface area contributed by atoms with E-state index in [-0.39, 0.29) is 0 Å². The third-order valence-corrected chi connectivity index (χ3v) is 0.289. The Morgan fingerprint density at radius 1 is 1.09 bits per heavy atom. The van der Waals surface area contributed by atoms with Crippen LogP contribution >= 0.6 is 11.9 Å². The summed E-state index contributed by atoms with van der Waals surface area (Å²) in [7, 11) is 0. The van der Waals surface area contributed by atoms with Gasteiger partial charge in [-0.1, -0.05) is 52.8 Å². The Hall–Kier alpha value is -0.410. The van der Waals surface area contributed by atoms with Crippen molar-refractivity contribution in [1.82, 2.24) is 0 Å². The van der Waals surface area contributed by atoms with Crippen molar-refractivity contribution >= 4 is 11.9 Å². The maximum atomic E-state index is 4.83. The minimum Gasteiger partial charge on any atom is -0.405 e. The van der Waals surface area contributed by atoms with Crippen LogP contribution in [0.25, 0.3) is 0 Å². The average molecular weight is 178 g/mol. The van der Waals surface area contributed by atoms with Crippen LogP contribution in [0.4, 0.5) is 0 Å². The number of rotatable bonds is 1. The van der Waals surface area contributed by atoms with Crippen LogP contribution in [-0.4, -0.2) is 0 Å². The summed E-state index contributed by atoms with van der Waals surface area (Å²) in [5.41, 5.74) is 4.61. The van der Waals surface area contributed by atoms with E-state index in [0.29, 0.717) is 0 Å². The van der Waals surface area contributed by atoms with Crippen molar-refractivity contribution in [3.8, 4) is 0 Å². The maximum Gasteiger partial charge on any atom is -0.0136 e. The molecule has 0 saturated heterocycles. The molecule has 4 N–H and O–H groups in total. The molecule has 0 aliphatic heterocycles. The predicted molar refractivity (Wildman–Crippen MR) is 59.1 cm³/mol. The molecule has 0 rings (SSSR count). The van der Waals surface area contributed by atoms with Crippen molar-refractivity contribution in [2.75, 3.05) is 0 Å². The third kappa shape index (κ3) is 1590. The molecule has 70 valence electrons. The Morgan fingerprint density at radius 3 is 1.18 bits per heavy atom. The lowest BCUT2D eigenvalue weighted by Crippen LogP contribution is -1.67. The first-order valence-electron chi connectivity index (χ1n) is 3.62. The molecule has 0 radical (unpaired) electrons. The summed E-state index contributed by atoms with van der Waals surface area (Å²) in [4.78, 5) is 0. The van der Waals surface area contributed by atoms with E-state index < -0.39 is 0 Å². The Bertz CT molecular complexity index is 47.4. The molecule has 0 unspecified atom stereocenters. The van der Waals surface area contributed by atoms with Gasteiger partial charge in [-0.2, -0.15) is 0 Å². The van der Waals surface area contributed by atoms with Crippen LogP contribution < -0.4 is 10.9 Å². The van der Waals surface area contributed by atoms with E-state index >= 15 is 0 Å². The Kier molecular flexibility index (Phi) is 215. The first-order valence-corrected chi connectivity index (χ1v) is 4.56. The van der Waals surface area contributed by atoms with E-state index in [2.05, 4.69) is 18.9 Å². The van der Waals surface area contributed by atoms with Gasteiger partial charge in [0, 0.05) is 0 Å². The first kappa shape index (κ1) is 22.4. The molecule has 0 bridgehead atoms. The van der Waals surface area contributed by atoms with E-state index in [1.807, 2.05) is 27.7 Å². The zero-order chi connectivity index (χ0) is 10.1. The van der Waals surface area contributed by atoms with Crippen LogP contribution in [0.2, 0.25) is 0 Å². The molecule has 0 aliphatic carbocycles. The van der Waals surface area contributed by atoms with Gasteiger partial charge >= 0.3 is 0 Å². The summed E-state index contributed by atoms with van der Waals surface area (Å²) < 4.78 is 0. The fourth-order valence-corrected chi connectivity index (χ4v) is 0. The second kappa shape index (κ2) is 105. The highest BCUT2D eigenvalue weighted by molar-refractivity contribution is 7.99. The van der Waals surface area contributed by atoms with E-state index in [1.165, 1.54) is 6.20 Å². The van der Waals surface area contributed by atoms with Gasteiger partial charge in [0.15, 0.2) is 0 Å². The van der Waals surface area contributed by atoms with Crippen LogP contribution in [0.5, 0.6) is 0 Å². The van der Waals surface area contributed by atoms with Gasteiger partial charge in [0.25, 0.3) is 0 Å². The summed E-state index contributed by atoms with van der Waals surface area (Å²) >= 11 is 1.12. The molecule has 0 spiro atoms. The van der Waals surface area contributed by atoms with Gasteiger partial charge in [-0.05, 0) is 11.6 Å². The highest BCUT2D eigenvalue weighted by atomic mass is 32.2. The lowest BCUT2D eigenvalue weighted by Gasteiger charge is -1.60. The van der Waals surface area contributed by atoms with Gasteiger partial charge in [-0.25, -0.2) is 0 Å². The van der Waals surface area contributed by atoms with E-state index in [4.69, 9.17) is 5.14 Å². The van der Waals surface area contributed by atoms with Gasteiger partial charge < -0.3 is 5.73 Å². The van der Waals surface area contributed by atoms with Gasteiger partial charge in [0.2, 0.25) is 0 Å². The number of nitrogens with two attached hydrogens (primary N) is 2. The lowest BCUT2D eigenvalue weighted by atomic mass is 11.0. The first-order chi connectivity index (χ1) is 5.33. The summed E-state index contributed by atoms with van der Waals surface area (Å²) in [6.07, 6.45) is 1.25. The highest BCUT2D eigenvalue weighted by Gasteiger charge is 1.43. The molecule has 2 nitrogen and oxygen atoms in total. The normalized spacial score (nSPS) is 4.45. The van der Waals surface area contributed by atoms with E-state index in [9.17, 15) is 0 Å². The molecular formula is C8H22N2S. The van der Waals surface area contributed by atoms with Gasteiger partial charge in [-0.15, -0.1) is 0 Å². The Balaban J connectivity index is -0.0000000315. The Labute approximate surface area is 75.9 Å². The SMILES string of the molecule is C=CN.C=CSN.CC.CC. The van der Waals surface area contributed by atoms with Crippen molar-refractivity contribution in [3.05, 3.63) is 24.8 Å². The average Bonchev–Trinajstić information content (AvgIpc) is 2.12. The summed E-state index contributed by atoms with van der Waals surface area (Å²) in [5.74, 6) is 0. The van der Waals surface area contributed by atoms with E-state index in [1.54, 1.807) is 5.41 Å². The van der Waals surface area contributed by atoms with Crippen molar-refractivity contribution < 1.29 is 0 Å². The van der Waals surface area contributed by atoms with Crippen molar-refractivity contribution in [3.63, 3.8) is 0 Å². The van der Waals surface area contributed by atoms with Crippen LogP contribution in [0, 0.1) is 0 Å². The maximum absolute atomic E-state index is 4.83. The fraction of sp³-hybridized carbons (Fsp3) is 0.500. The number of hydrogen-bond donors (Lipinski definition) is 2. The molecule has 0 heterocycles. The molecule has 0 amide bonds. The molecule has 0 saturated carbocycles. The van der Waals surface area contributed by atoms with Crippen molar-refractivity contribution in [1.29, 1.82) is 0 Å². The van der Waals surface area contributed by atoms with Crippen molar-refractivity contribution in [2.45, 2.75) is 27.7 Å². The predicted octanol–water partition coefficient (Wildman–Crippen LogP) is 2.88. The third-order valence-electron chi connectivity index (χ3n) is 0.0962. The molecular weight excluding hydrogens is 156 g/mol. The zero-order valence-corrected chi connectivity index (χ0v) is 8.95. The van der Waals surface area contributed by atoms with Crippen LogP contribution in [0.15, 0.2) is 24.8 Å². The smallest absolute Gasteiger partial charge is 0.0136 e. The molecule has 0 aromatic rings. The molecule has 0 aromatic heterocycles. The zero-order valence-electron chi connectivity index (χ0n) is 8.13. The van der Waals surface area contributed by atoms with Gasteiger partial charge in [-0.3, -0.25) is 5.14 Å². The topological polar surface area (TPSA) is 52.0 Å².